The highest BCUT2D eigenvalue weighted by molar-refractivity contribution is 7.13. The Balaban J connectivity index is 0.000000180. The van der Waals surface area contributed by atoms with Crippen molar-refractivity contribution in [1.29, 1.82) is 0 Å². The van der Waals surface area contributed by atoms with Gasteiger partial charge in [0.2, 0.25) is 0 Å². The third-order valence-electron chi connectivity index (χ3n) is 2.33. The molecular formula is C15H18ClN3O2S3. The maximum absolute atomic E-state index is 9.97. The molecule has 0 bridgehead atoms. The van der Waals surface area contributed by atoms with Crippen LogP contribution in [0.3, 0.4) is 0 Å². The van der Waals surface area contributed by atoms with Crippen LogP contribution in [0.5, 0.6) is 0 Å². The van der Waals surface area contributed by atoms with Gasteiger partial charge in [-0.15, -0.1) is 45.6 Å². The Labute approximate surface area is 158 Å². The van der Waals surface area contributed by atoms with Crippen LogP contribution in [-0.4, -0.2) is 26.3 Å². The maximum Gasteiger partial charge on any atom is 0.178 e. The van der Waals surface area contributed by atoms with E-state index in [0.717, 1.165) is 26.1 Å². The van der Waals surface area contributed by atoms with Crippen molar-refractivity contribution in [2.24, 2.45) is 0 Å². The van der Waals surface area contributed by atoms with Crippen molar-refractivity contribution in [3.05, 3.63) is 48.2 Å². The number of carbonyl (C=O) groups is 1. The summed E-state index contributed by atoms with van der Waals surface area (Å²) in [5, 5.41) is 10.9. The van der Waals surface area contributed by atoms with Crippen molar-refractivity contribution in [3.63, 3.8) is 0 Å². The highest BCUT2D eigenvalue weighted by atomic mass is 35.5. The van der Waals surface area contributed by atoms with E-state index in [1.54, 1.807) is 23.7 Å². The fraction of sp³-hybridized carbons (Fsp3) is 0.333. The van der Waals surface area contributed by atoms with Gasteiger partial charge in [-0.1, -0.05) is 0 Å². The highest BCUT2D eigenvalue weighted by Crippen LogP contribution is 2.12. The van der Waals surface area contributed by atoms with E-state index in [1.807, 2.05) is 27.0 Å². The summed E-state index contributed by atoms with van der Waals surface area (Å²) in [5.41, 5.74) is 0. The van der Waals surface area contributed by atoms with Crippen molar-refractivity contribution in [2.75, 3.05) is 0 Å². The molecule has 130 valence electrons. The average molecular weight is 404 g/mol. The summed E-state index contributed by atoms with van der Waals surface area (Å²) in [5.74, 6) is 0.540. The van der Waals surface area contributed by atoms with Gasteiger partial charge in [0.25, 0.3) is 0 Å². The number of aliphatic hydroxyl groups is 1. The van der Waals surface area contributed by atoms with Crippen molar-refractivity contribution >= 4 is 51.9 Å². The first-order valence-corrected chi connectivity index (χ1v) is 9.84. The Bertz CT molecular complexity index is 699. The molecule has 3 rings (SSSR count). The van der Waals surface area contributed by atoms with Crippen molar-refractivity contribution in [2.45, 2.75) is 33.3 Å². The summed E-state index contributed by atoms with van der Waals surface area (Å²) in [6, 6.07) is 0. The molecule has 0 unspecified atom stereocenters. The van der Waals surface area contributed by atoms with Gasteiger partial charge in [-0.3, -0.25) is 4.79 Å². The Morgan fingerprint density at radius 1 is 0.958 bits per heavy atom. The number of aliphatic hydroxyl groups excluding tert-OH is 1. The van der Waals surface area contributed by atoms with Gasteiger partial charge < -0.3 is 5.11 Å². The lowest BCUT2D eigenvalue weighted by Crippen LogP contribution is -1.75. The van der Waals surface area contributed by atoms with Crippen LogP contribution in [0.1, 0.15) is 34.4 Å². The second-order valence-corrected chi connectivity index (χ2v) is 8.62. The standard InChI is InChI=1S/C5H6ClNS.C5H7NOS.C5H5NOS/c1-4-3-7-5(2-6)8-4;2*1-4-2-6-5(3-7)8-4/h3H,2H2,1H3;2,7H,3H2,1H3;2-3H,1H3. The third-order valence-corrected chi connectivity index (χ3v) is 5.39. The molecule has 0 spiro atoms. The van der Waals surface area contributed by atoms with E-state index in [-0.39, 0.29) is 6.61 Å². The van der Waals surface area contributed by atoms with E-state index >= 15 is 0 Å². The van der Waals surface area contributed by atoms with Crippen LogP contribution in [-0.2, 0) is 12.5 Å². The normalized spacial score (nSPS) is 9.54. The zero-order valence-electron chi connectivity index (χ0n) is 13.5. The maximum atomic E-state index is 9.97. The molecule has 0 fully saturated rings. The highest BCUT2D eigenvalue weighted by Gasteiger charge is 1.93. The summed E-state index contributed by atoms with van der Waals surface area (Å²) >= 11 is 10.1. The van der Waals surface area contributed by atoms with E-state index in [9.17, 15) is 4.79 Å². The number of hydrogen-bond acceptors (Lipinski definition) is 8. The van der Waals surface area contributed by atoms with Gasteiger partial charge in [0.1, 0.15) is 10.0 Å². The van der Waals surface area contributed by atoms with Crippen molar-refractivity contribution in [3.8, 4) is 0 Å². The minimum absolute atomic E-state index is 0.0680. The number of thiazole rings is 3. The lowest BCUT2D eigenvalue weighted by atomic mass is 10.6. The van der Waals surface area contributed by atoms with Gasteiger partial charge in [0, 0.05) is 33.2 Å². The molecule has 1 N–H and O–H groups in total. The predicted molar refractivity (Wildman–Crippen MR) is 101 cm³/mol. The number of halogens is 1. The van der Waals surface area contributed by atoms with Crippen LogP contribution in [0, 0.1) is 20.8 Å². The molecule has 9 heteroatoms. The molecule has 0 saturated carbocycles. The SMILES string of the molecule is Cc1cnc(C=O)s1.Cc1cnc(CCl)s1.Cc1cnc(CO)s1. The largest absolute Gasteiger partial charge is 0.389 e. The molecule has 24 heavy (non-hydrogen) atoms. The molecule has 0 radical (unpaired) electrons. The Morgan fingerprint density at radius 3 is 1.67 bits per heavy atom. The molecule has 3 aromatic heterocycles. The van der Waals surface area contributed by atoms with Crippen molar-refractivity contribution < 1.29 is 9.90 Å². The molecule has 0 saturated heterocycles. The monoisotopic (exact) mass is 403 g/mol. The first-order valence-electron chi connectivity index (χ1n) is 6.85. The van der Waals surface area contributed by atoms with Crippen LogP contribution < -0.4 is 0 Å². The second-order valence-electron chi connectivity index (χ2n) is 4.45. The van der Waals surface area contributed by atoms with Gasteiger partial charge in [-0.05, 0) is 20.8 Å². The zero-order chi connectivity index (χ0) is 17.9. The Kier molecular flexibility index (Phi) is 9.89. The molecule has 0 atom stereocenters. The molecule has 3 aromatic rings. The van der Waals surface area contributed by atoms with Crippen LogP contribution in [0.2, 0.25) is 0 Å². The predicted octanol–water partition coefficient (Wildman–Crippen LogP) is 4.40. The lowest BCUT2D eigenvalue weighted by molar-refractivity contribution is 0.112. The minimum atomic E-state index is 0.0680. The number of carbonyl (C=O) groups excluding carboxylic acids is 1. The summed E-state index contributed by atoms with van der Waals surface area (Å²) in [7, 11) is 0. The van der Waals surface area contributed by atoms with Crippen LogP contribution >= 0.6 is 45.6 Å². The number of hydrogen-bond donors (Lipinski definition) is 1. The quantitative estimate of drug-likeness (QED) is 0.518. The minimum Gasteiger partial charge on any atom is -0.389 e. The van der Waals surface area contributed by atoms with Gasteiger partial charge in [-0.25, -0.2) is 15.0 Å². The number of aldehydes is 1. The van der Waals surface area contributed by atoms with E-state index < -0.39 is 0 Å². The molecule has 0 aromatic carbocycles. The summed E-state index contributed by atoms with van der Waals surface area (Å²) in [4.78, 5) is 25.1. The summed E-state index contributed by atoms with van der Waals surface area (Å²) in [6.45, 7) is 5.98. The van der Waals surface area contributed by atoms with E-state index in [4.69, 9.17) is 16.7 Å². The van der Waals surface area contributed by atoms with E-state index in [0.29, 0.717) is 10.9 Å². The fourth-order valence-electron chi connectivity index (χ4n) is 1.36. The lowest BCUT2D eigenvalue weighted by Gasteiger charge is -1.78. The topological polar surface area (TPSA) is 76.0 Å². The summed E-state index contributed by atoms with van der Waals surface area (Å²) in [6.07, 6.45) is 6.05. The fourth-order valence-corrected chi connectivity index (χ4v) is 3.47. The van der Waals surface area contributed by atoms with Crippen LogP contribution in [0.4, 0.5) is 0 Å². The molecule has 3 heterocycles. The zero-order valence-corrected chi connectivity index (χ0v) is 16.7. The van der Waals surface area contributed by atoms with Crippen LogP contribution in [0.15, 0.2) is 18.6 Å². The van der Waals surface area contributed by atoms with Gasteiger partial charge in [-0.2, -0.15) is 0 Å². The number of aryl methyl sites for hydroxylation is 3. The number of nitrogens with zero attached hydrogens (tertiary/aromatic N) is 3. The summed E-state index contributed by atoms with van der Waals surface area (Å²) < 4.78 is 0. The van der Waals surface area contributed by atoms with Gasteiger partial charge >= 0.3 is 0 Å². The second kappa shape index (κ2) is 11.4. The van der Waals surface area contributed by atoms with E-state index in [1.165, 1.54) is 27.6 Å². The van der Waals surface area contributed by atoms with Gasteiger partial charge in [0.05, 0.1) is 12.5 Å². The molecule has 0 aliphatic carbocycles. The van der Waals surface area contributed by atoms with Crippen LogP contribution in [0.25, 0.3) is 0 Å². The van der Waals surface area contributed by atoms with Crippen molar-refractivity contribution in [1.82, 2.24) is 15.0 Å². The number of alkyl halides is 1. The number of rotatable bonds is 3. The smallest absolute Gasteiger partial charge is 0.178 e. The first-order chi connectivity index (χ1) is 11.5. The number of aromatic nitrogens is 3. The Morgan fingerprint density at radius 2 is 1.46 bits per heavy atom. The third kappa shape index (κ3) is 8.07. The molecular weight excluding hydrogens is 386 g/mol. The average Bonchev–Trinajstić information content (AvgIpc) is 3.30. The molecule has 0 amide bonds. The van der Waals surface area contributed by atoms with Gasteiger partial charge in [0.15, 0.2) is 11.3 Å². The molecule has 0 aliphatic heterocycles. The first kappa shape index (κ1) is 20.9. The molecule has 5 nitrogen and oxygen atoms in total. The molecule has 0 aliphatic rings. The Hall–Kier alpha value is -1.19. The van der Waals surface area contributed by atoms with E-state index in [2.05, 4.69) is 15.0 Å².